The van der Waals surface area contributed by atoms with Gasteiger partial charge in [-0.3, -0.25) is 4.79 Å². The maximum absolute atomic E-state index is 12.6. The average Bonchev–Trinajstić information content (AvgIpc) is 2.75. The Labute approximate surface area is 82.3 Å². The van der Waals surface area contributed by atoms with Crippen LogP contribution in [0.3, 0.4) is 0 Å². The highest BCUT2D eigenvalue weighted by Gasteiger charge is 2.62. The van der Waals surface area contributed by atoms with Crippen molar-refractivity contribution in [2.24, 2.45) is 11.8 Å². The Hall–Kier alpha value is -0.670. The number of carbonyl (C=O) groups excluding carboxylic acids is 1. The predicted molar refractivity (Wildman–Crippen MR) is 48.0 cm³/mol. The number of nitrogens with zero attached hydrogens (tertiary/aromatic N) is 1. The van der Waals surface area contributed by atoms with Gasteiger partial charge in [0.1, 0.15) is 5.92 Å². The molecule has 2 nitrogen and oxygen atoms in total. The molecule has 0 aromatic rings. The SMILES string of the molecule is CC1CCN(C(=O)C2CC2(F)F)CC1. The summed E-state index contributed by atoms with van der Waals surface area (Å²) < 4.78 is 25.3. The molecule has 1 saturated heterocycles. The first-order valence-electron chi connectivity index (χ1n) is 5.17. The molecule has 1 aliphatic heterocycles. The lowest BCUT2D eigenvalue weighted by atomic mass is 9.99. The van der Waals surface area contributed by atoms with Crippen LogP contribution in [0, 0.1) is 11.8 Å². The molecule has 1 atom stereocenters. The van der Waals surface area contributed by atoms with Crippen LogP contribution >= 0.6 is 0 Å². The number of hydrogen-bond donors (Lipinski definition) is 0. The summed E-state index contributed by atoms with van der Waals surface area (Å²) in [4.78, 5) is 13.1. The molecule has 0 aromatic heterocycles. The standard InChI is InChI=1S/C10H15F2NO/c1-7-2-4-13(5-3-7)9(14)8-6-10(8,11)12/h7-8H,2-6H2,1H3. The van der Waals surface area contributed by atoms with Crippen LogP contribution < -0.4 is 0 Å². The molecule has 4 heteroatoms. The lowest BCUT2D eigenvalue weighted by Crippen LogP contribution is -2.39. The zero-order chi connectivity index (χ0) is 10.3. The van der Waals surface area contributed by atoms with E-state index in [2.05, 4.69) is 6.92 Å². The predicted octanol–water partition coefficient (Wildman–Crippen LogP) is 1.90. The minimum atomic E-state index is -2.71. The zero-order valence-electron chi connectivity index (χ0n) is 8.30. The molecule has 80 valence electrons. The second kappa shape index (κ2) is 3.17. The number of alkyl halides is 2. The van der Waals surface area contributed by atoms with Crippen LogP contribution in [-0.2, 0) is 4.79 Å². The topological polar surface area (TPSA) is 20.3 Å². The molecule has 2 fully saturated rings. The van der Waals surface area contributed by atoms with Crippen molar-refractivity contribution in [1.82, 2.24) is 4.90 Å². The fourth-order valence-corrected chi connectivity index (χ4v) is 1.93. The number of amides is 1. The smallest absolute Gasteiger partial charge is 0.260 e. The molecular weight excluding hydrogens is 188 g/mol. The summed E-state index contributed by atoms with van der Waals surface area (Å²) in [6.07, 6.45) is 1.66. The summed E-state index contributed by atoms with van der Waals surface area (Å²) in [7, 11) is 0. The van der Waals surface area contributed by atoms with Gasteiger partial charge in [0.15, 0.2) is 0 Å². The van der Waals surface area contributed by atoms with Crippen LogP contribution in [0.1, 0.15) is 26.2 Å². The van der Waals surface area contributed by atoms with Crippen LogP contribution in [0.15, 0.2) is 0 Å². The van der Waals surface area contributed by atoms with Crippen LogP contribution in [0.25, 0.3) is 0 Å². The van der Waals surface area contributed by atoms with Gasteiger partial charge in [-0.1, -0.05) is 6.92 Å². The van der Waals surface area contributed by atoms with E-state index in [1.807, 2.05) is 0 Å². The molecule has 0 bridgehead atoms. The highest BCUT2D eigenvalue weighted by atomic mass is 19.3. The molecule has 2 aliphatic rings. The molecule has 14 heavy (non-hydrogen) atoms. The summed E-state index contributed by atoms with van der Waals surface area (Å²) >= 11 is 0. The third kappa shape index (κ3) is 1.74. The van der Waals surface area contributed by atoms with Gasteiger partial charge in [0.2, 0.25) is 5.91 Å². The van der Waals surface area contributed by atoms with E-state index in [0.717, 1.165) is 12.8 Å². The molecule has 1 amide bonds. The first-order valence-corrected chi connectivity index (χ1v) is 5.17. The molecule has 1 aliphatic carbocycles. The zero-order valence-corrected chi connectivity index (χ0v) is 8.30. The number of piperidine rings is 1. The maximum Gasteiger partial charge on any atom is 0.260 e. The highest BCUT2D eigenvalue weighted by molar-refractivity contribution is 5.83. The van der Waals surface area contributed by atoms with E-state index in [4.69, 9.17) is 0 Å². The second-order valence-electron chi connectivity index (χ2n) is 4.53. The summed E-state index contributed by atoms with van der Waals surface area (Å²) in [5.41, 5.74) is 0. The van der Waals surface area contributed by atoms with E-state index in [0.29, 0.717) is 19.0 Å². The van der Waals surface area contributed by atoms with E-state index in [-0.39, 0.29) is 12.3 Å². The number of halogens is 2. The van der Waals surface area contributed by atoms with Crippen molar-refractivity contribution >= 4 is 5.91 Å². The number of rotatable bonds is 1. The van der Waals surface area contributed by atoms with Gasteiger partial charge in [-0.25, -0.2) is 8.78 Å². The quantitative estimate of drug-likeness (QED) is 0.637. The van der Waals surface area contributed by atoms with Gasteiger partial charge in [0, 0.05) is 19.5 Å². The van der Waals surface area contributed by atoms with Gasteiger partial charge < -0.3 is 4.90 Å². The van der Waals surface area contributed by atoms with Gasteiger partial charge in [0.25, 0.3) is 5.92 Å². The largest absolute Gasteiger partial charge is 0.342 e. The Morgan fingerprint density at radius 1 is 1.36 bits per heavy atom. The van der Waals surface area contributed by atoms with Gasteiger partial charge >= 0.3 is 0 Å². The molecule has 0 N–H and O–H groups in total. The third-order valence-corrected chi connectivity index (χ3v) is 3.22. The van der Waals surface area contributed by atoms with E-state index in [1.165, 1.54) is 0 Å². The fraction of sp³-hybridized carbons (Fsp3) is 0.900. The summed E-state index contributed by atoms with van der Waals surface area (Å²) in [5.74, 6) is -3.42. The Morgan fingerprint density at radius 3 is 2.29 bits per heavy atom. The maximum atomic E-state index is 12.6. The van der Waals surface area contributed by atoms with E-state index < -0.39 is 11.8 Å². The third-order valence-electron chi connectivity index (χ3n) is 3.22. The Bertz CT molecular complexity index is 247. The summed E-state index contributed by atoms with van der Waals surface area (Å²) in [6.45, 7) is 3.45. The van der Waals surface area contributed by atoms with Crippen molar-refractivity contribution in [3.05, 3.63) is 0 Å². The Kier molecular flexibility index (Phi) is 2.24. The van der Waals surface area contributed by atoms with Crippen molar-refractivity contribution in [2.75, 3.05) is 13.1 Å². The van der Waals surface area contributed by atoms with Crippen molar-refractivity contribution in [2.45, 2.75) is 32.1 Å². The highest BCUT2D eigenvalue weighted by Crippen LogP contribution is 2.49. The van der Waals surface area contributed by atoms with Gasteiger partial charge in [0.05, 0.1) is 0 Å². The van der Waals surface area contributed by atoms with E-state index in [1.54, 1.807) is 4.90 Å². The van der Waals surface area contributed by atoms with Crippen molar-refractivity contribution in [3.8, 4) is 0 Å². The molecule has 1 unspecified atom stereocenters. The summed E-state index contributed by atoms with van der Waals surface area (Å²) in [5, 5.41) is 0. The summed E-state index contributed by atoms with van der Waals surface area (Å²) in [6, 6.07) is 0. The van der Waals surface area contributed by atoms with Crippen molar-refractivity contribution in [1.29, 1.82) is 0 Å². The fourth-order valence-electron chi connectivity index (χ4n) is 1.93. The molecule has 1 heterocycles. The normalized spacial score (nSPS) is 31.6. The molecule has 2 rings (SSSR count). The van der Waals surface area contributed by atoms with Gasteiger partial charge in [-0.15, -0.1) is 0 Å². The van der Waals surface area contributed by atoms with Crippen LogP contribution in [0.2, 0.25) is 0 Å². The Morgan fingerprint density at radius 2 is 1.86 bits per heavy atom. The first kappa shape index (κ1) is 9.87. The van der Waals surface area contributed by atoms with Gasteiger partial charge in [-0.05, 0) is 18.8 Å². The van der Waals surface area contributed by atoms with Crippen LogP contribution in [0.4, 0.5) is 8.78 Å². The lowest BCUT2D eigenvalue weighted by Gasteiger charge is -2.30. The van der Waals surface area contributed by atoms with Crippen molar-refractivity contribution < 1.29 is 13.6 Å². The van der Waals surface area contributed by atoms with Crippen LogP contribution in [-0.4, -0.2) is 29.8 Å². The van der Waals surface area contributed by atoms with Gasteiger partial charge in [-0.2, -0.15) is 0 Å². The number of carbonyl (C=O) groups is 1. The Balaban J connectivity index is 1.88. The molecule has 0 spiro atoms. The molecular formula is C10H15F2NO. The number of hydrogen-bond acceptors (Lipinski definition) is 1. The molecule has 0 radical (unpaired) electrons. The monoisotopic (exact) mass is 203 g/mol. The van der Waals surface area contributed by atoms with Crippen LogP contribution in [0.5, 0.6) is 0 Å². The molecule has 0 aromatic carbocycles. The lowest BCUT2D eigenvalue weighted by molar-refractivity contribution is -0.136. The minimum Gasteiger partial charge on any atom is -0.342 e. The van der Waals surface area contributed by atoms with Crippen molar-refractivity contribution in [3.63, 3.8) is 0 Å². The number of likely N-dealkylation sites (tertiary alicyclic amines) is 1. The average molecular weight is 203 g/mol. The first-order chi connectivity index (χ1) is 6.50. The second-order valence-corrected chi connectivity index (χ2v) is 4.53. The molecule has 1 saturated carbocycles. The van der Waals surface area contributed by atoms with E-state index >= 15 is 0 Å². The minimum absolute atomic E-state index is 0.238. The van der Waals surface area contributed by atoms with E-state index in [9.17, 15) is 13.6 Å².